The third-order valence-corrected chi connectivity index (χ3v) is 4.83. The normalized spacial score (nSPS) is 15.8. The molecule has 0 amide bonds. The standard InChI is InChI=1S/C15H18ClN3O2S/c1-2-21-14(20)10-9-22-13-11(10)12(17-15(16)18-13)19-7-5-3-4-6-8-19/h9H,2-8H2,1H3. The van der Waals surface area contributed by atoms with Crippen molar-refractivity contribution in [3.63, 3.8) is 0 Å². The Bertz CT molecular complexity index is 681. The van der Waals surface area contributed by atoms with E-state index in [1.54, 1.807) is 12.3 Å². The molecule has 1 aliphatic heterocycles. The van der Waals surface area contributed by atoms with Gasteiger partial charge < -0.3 is 9.64 Å². The third kappa shape index (κ3) is 3.03. The molecule has 0 aliphatic carbocycles. The van der Waals surface area contributed by atoms with Gasteiger partial charge in [0.1, 0.15) is 10.6 Å². The maximum Gasteiger partial charge on any atom is 0.339 e. The monoisotopic (exact) mass is 339 g/mol. The number of hydrogen-bond donors (Lipinski definition) is 0. The molecule has 0 saturated carbocycles. The molecule has 0 N–H and O–H groups in total. The first-order valence-electron chi connectivity index (χ1n) is 7.57. The number of carbonyl (C=O) groups excluding carboxylic acids is 1. The summed E-state index contributed by atoms with van der Waals surface area (Å²) in [4.78, 5) is 23.8. The molecular weight excluding hydrogens is 322 g/mol. The van der Waals surface area contributed by atoms with E-state index in [9.17, 15) is 4.79 Å². The van der Waals surface area contributed by atoms with Crippen LogP contribution in [0.4, 0.5) is 5.82 Å². The smallest absolute Gasteiger partial charge is 0.339 e. The van der Waals surface area contributed by atoms with Gasteiger partial charge in [0.2, 0.25) is 5.28 Å². The van der Waals surface area contributed by atoms with Crippen LogP contribution in [-0.4, -0.2) is 35.6 Å². The van der Waals surface area contributed by atoms with Crippen molar-refractivity contribution in [3.8, 4) is 0 Å². The van der Waals surface area contributed by atoms with Crippen molar-refractivity contribution in [3.05, 3.63) is 16.2 Å². The second-order valence-corrected chi connectivity index (χ2v) is 6.46. The van der Waals surface area contributed by atoms with Gasteiger partial charge in [-0.2, -0.15) is 4.98 Å². The molecule has 0 radical (unpaired) electrons. The van der Waals surface area contributed by atoms with Crippen molar-refractivity contribution in [2.75, 3.05) is 24.6 Å². The van der Waals surface area contributed by atoms with E-state index < -0.39 is 0 Å². The van der Waals surface area contributed by atoms with Crippen LogP contribution in [0.5, 0.6) is 0 Å². The van der Waals surface area contributed by atoms with Gasteiger partial charge in [-0.1, -0.05) is 12.8 Å². The molecule has 2 aromatic rings. The number of thiophene rings is 1. The van der Waals surface area contributed by atoms with Crippen molar-refractivity contribution >= 4 is 44.9 Å². The molecule has 0 unspecified atom stereocenters. The maximum absolute atomic E-state index is 12.2. The zero-order chi connectivity index (χ0) is 15.5. The summed E-state index contributed by atoms with van der Waals surface area (Å²) in [6, 6.07) is 0. The number of rotatable bonds is 3. The molecule has 0 aromatic carbocycles. The molecule has 0 spiro atoms. The van der Waals surface area contributed by atoms with Crippen LogP contribution in [0.3, 0.4) is 0 Å². The molecule has 118 valence electrons. The van der Waals surface area contributed by atoms with Crippen LogP contribution >= 0.6 is 22.9 Å². The molecule has 0 atom stereocenters. The summed E-state index contributed by atoms with van der Waals surface area (Å²) in [6.07, 6.45) is 4.71. The number of hydrogen-bond acceptors (Lipinski definition) is 6. The van der Waals surface area contributed by atoms with Crippen molar-refractivity contribution in [2.24, 2.45) is 0 Å². The van der Waals surface area contributed by atoms with Crippen molar-refractivity contribution in [1.29, 1.82) is 0 Å². The molecule has 1 aliphatic rings. The largest absolute Gasteiger partial charge is 0.462 e. The number of anilines is 1. The Morgan fingerprint density at radius 3 is 2.73 bits per heavy atom. The minimum Gasteiger partial charge on any atom is -0.462 e. The van der Waals surface area contributed by atoms with E-state index in [4.69, 9.17) is 16.3 Å². The molecule has 5 nitrogen and oxygen atoms in total. The lowest BCUT2D eigenvalue weighted by molar-refractivity contribution is 0.0529. The van der Waals surface area contributed by atoms with Gasteiger partial charge in [0.25, 0.3) is 0 Å². The van der Waals surface area contributed by atoms with Gasteiger partial charge >= 0.3 is 5.97 Å². The van der Waals surface area contributed by atoms with Crippen LogP contribution in [-0.2, 0) is 4.74 Å². The van der Waals surface area contributed by atoms with Crippen LogP contribution in [0.1, 0.15) is 43.0 Å². The van der Waals surface area contributed by atoms with Crippen molar-refractivity contribution in [2.45, 2.75) is 32.6 Å². The van der Waals surface area contributed by atoms with Crippen LogP contribution in [0, 0.1) is 0 Å². The third-order valence-electron chi connectivity index (χ3n) is 3.79. The minimum absolute atomic E-state index is 0.226. The summed E-state index contributed by atoms with van der Waals surface area (Å²) >= 11 is 7.48. The average Bonchev–Trinajstić information content (AvgIpc) is 2.74. The fourth-order valence-electron chi connectivity index (χ4n) is 2.77. The lowest BCUT2D eigenvalue weighted by Gasteiger charge is -2.22. The highest BCUT2D eigenvalue weighted by atomic mass is 35.5. The first-order chi connectivity index (χ1) is 10.7. The molecule has 0 bridgehead atoms. The fraction of sp³-hybridized carbons (Fsp3) is 0.533. The lowest BCUT2D eigenvalue weighted by Crippen LogP contribution is -2.25. The van der Waals surface area contributed by atoms with E-state index in [0.717, 1.165) is 42.0 Å². The van der Waals surface area contributed by atoms with Crippen LogP contribution in [0.2, 0.25) is 5.28 Å². The van der Waals surface area contributed by atoms with Crippen LogP contribution in [0.25, 0.3) is 10.2 Å². The van der Waals surface area contributed by atoms with Gasteiger partial charge in [-0.3, -0.25) is 0 Å². The molecule has 3 rings (SSSR count). The van der Waals surface area contributed by atoms with Crippen LogP contribution in [0.15, 0.2) is 5.38 Å². The summed E-state index contributed by atoms with van der Waals surface area (Å²) in [5.41, 5.74) is 0.540. The Kier molecular flexibility index (Phi) is 4.78. The van der Waals surface area contributed by atoms with E-state index in [1.807, 2.05) is 0 Å². The van der Waals surface area contributed by atoms with E-state index >= 15 is 0 Å². The van der Waals surface area contributed by atoms with Gasteiger partial charge in [-0.25, -0.2) is 9.78 Å². The van der Waals surface area contributed by atoms with Gasteiger partial charge in [0.15, 0.2) is 0 Å². The number of ether oxygens (including phenoxy) is 1. The maximum atomic E-state index is 12.2. The van der Waals surface area contributed by atoms with Gasteiger partial charge in [0, 0.05) is 18.5 Å². The summed E-state index contributed by atoms with van der Waals surface area (Å²) in [7, 11) is 0. The van der Waals surface area contributed by atoms with Crippen molar-refractivity contribution < 1.29 is 9.53 Å². The van der Waals surface area contributed by atoms with Crippen molar-refractivity contribution in [1.82, 2.24) is 9.97 Å². The number of nitrogens with zero attached hydrogens (tertiary/aromatic N) is 3. The number of halogens is 1. The second kappa shape index (κ2) is 6.79. The molecule has 2 aromatic heterocycles. The fourth-order valence-corrected chi connectivity index (χ4v) is 3.89. The highest BCUT2D eigenvalue weighted by molar-refractivity contribution is 7.17. The second-order valence-electron chi connectivity index (χ2n) is 5.27. The Hall–Kier alpha value is -1.40. The number of fused-ring (bicyclic) bond motifs is 1. The summed E-state index contributed by atoms with van der Waals surface area (Å²) in [5.74, 6) is 0.442. The Morgan fingerprint density at radius 2 is 2.05 bits per heavy atom. The van der Waals surface area contributed by atoms with E-state index in [2.05, 4.69) is 14.9 Å². The predicted molar refractivity (Wildman–Crippen MR) is 89.1 cm³/mol. The van der Waals surface area contributed by atoms with Gasteiger partial charge in [-0.15, -0.1) is 11.3 Å². The molecule has 3 heterocycles. The van der Waals surface area contributed by atoms with Crippen LogP contribution < -0.4 is 4.90 Å². The first-order valence-corrected chi connectivity index (χ1v) is 8.83. The Labute approximate surface area is 138 Å². The Morgan fingerprint density at radius 1 is 1.32 bits per heavy atom. The number of esters is 1. The minimum atomic E-state index is -0.323. The zero-order valence-electron chi connectivity index (χ0n) is 12.5. The highest BCUT2D eigenvalue weighted by Gasteiger charge is 2.23. The number of aromatic nitrogens is 2. The predicted octanol–water partition coefficient (Wildman–Crippen LogP) is 3.90. The molecule has 22 heavy (non-hydrogen) atoms. The molecular formula is C15H18ClN3O2S. The van der Waals surface area contributed by atoms with Gasteiger partial charge in [-0.05, 0) is 31.4 Å². The topological polar surface area (TPSA) is 55.3 Å². The summed E-state index contributed by atoms with van der Waals surface area (Å²) in [6.45, 7) is 4.01. The number of carbonyl (C=O) groups is 1. The van der Waals surface area contributed by atoms with E-state index in [0.29, 0.717) is 12.2 Å². The molecule has 7 heteroatoms. The highest BCUT2D eigenvalue weighted by Crippen LogP contribution is 2.34. The zero-order valence-corrected chi connectivity index (χ0v) is 14.0. The quantitative estimate of drug-likeness (QED) is 0.627. The molecule has 1 saturated heterocycles. The summed E-state index contributed by atoms with van der Waals surface area (Å²) in [5, 5.41) is 2.79. The lowest BCUT2D eigenvalue weighted by atomic mass is 10.2. The summed E-state index contributed by atoms with van der Waals surface area (Å²) < 4.78 is 5.15. The SMILES string of the molecule is CCOC(=O)c1csc2nc(Cl)nc(N3CCCCCC3)c12. The first kappa shape index (κ1) is 15.5. The average molecular weight is 340 g/mol. The van der Waals surface area contributed by atoms with E-state index in [1.165, 1.54) is 24.2 Å². The molecule has 1 fully saturated rings. The van der Waals surface area contributed by atoms with E-state index in [-0.39, 0.29) is 11.3 Å². The van der Waals surface area contributed by atoms with Gasteiger partial charge in [0.05, 0.1) is 17.6 Å². The Balaban J connectivity index is 2.10.